The molecule has 1 aliphatic rings. The second kappa shape index (κ2) is 7.94. The van der Waals surface area contributed by atoms with Gasteiger partial charge in [0.2, 0.25) is 5.91 Å². The Morgan fingerprint density at radius 3 is 2.64 bits per heavy atom. The highest BCUT2D eigenvalue weighted by Gasteiger charge is 2.20. The molecule has 2 rings (SSSR count). The van der Waals surface area contributed by atoms with Crippen molar-refractivity contribution in [1.82, 2.24) is 10.2 Å². The molecule has 1 heterocycles. The van der Waals surface area contributed by atoms with Gasteiger partial charge in [0, 0.05) is 37.3 Å². The monoisotopic (exact) mass is 303 g/mol. The molecule has 22 heavy (non-hydrogen) atoms. The van der Waals surface area contributed by atoms with E-state index in [0.29, 0.717) is 11.3 Å². The van der Waals surface area contributed by atoms with Crippen molar-refractivity contribution in [3.05, 3.63) is 29.8 Å². The number of anilines is 1. The Morgan fingerprint density at radius 1 is 1.27 bits per heavy atom. The molecule has 0 saturated carbocycles. The van der Waals surface area contributed by atoms with Gasteiger partial charge in [0.1, 0.15) is 0 Å². The van der Waals surface area contributed by atoms with Crippen LogP contribution in [0.3, 0.4) is 0 Å². The first-order valence-electron chi connectivity index (χ1n) is 7.99. The molecule has 0 radical (unpaired) electrons. The average molecular weight is 303 g/mol. The van der Waals surface area contributed by atoms with Gasteiger partial charge in [-0.2, -0.15) is 0 Å². The fourth-order valence-corrected chi connectivity index (χ4v) is 2.83. The molecule has 5 heteroatoms. The standard InChI is InChI=1S/C17H25N3O2/c1-3-9-20-10-7-15(8-11-20)19-17(22)14-5-4-6-16(12-14)18-13(2)21/h4-6,12,15H,3,7-11H2,1-2H3,(H,18,21)(H,19,22). The summed E-state index contributed by atoms with van der Waals surface area (Å²) in [6, 6.07) is 7.28. The molecule has 1 aromatic carbocycles. The number of nitrogens with zero attached hydrogens (tertiary/aromatic N) is 1. The van der Waals surface area contributed by atoms with Crippen molar-refractivity contribution in [2.24, 2.45) is 0 Å². The van der Waals surface area contributed by atoms with Crippen molar-refractivity contribution >= 4 is 17.5 Å². The van der Waals surface area contributed by atoms with Gasteiger partial charge in [0.25, 0.3) is 5.91 Å². The number of amides is 2. The van der Waals surface area contributed by atoms with Crippen LogP contribution in [0.4, 0.5) is 5.69 Å². The number of hydrogen-bond acceptors (Lipinski definition) is 3. The molecule has 2 N–H and O–H groups in total. The zero-order chi connectivity index (χ0) is 15.9. The molecule has 1 aromatic rings. The molecule has 1 saturated heterocycles. The number of piperidine rings is 1. The van der Waals surface area contributed by atoms with E-state index < -0.39 is 0 Å². The number of carbonyl (C=O) groups excluding carboxylic acids is 2. The van der Waals surface area contributed by atoms with E-state index in [1.54, 1.807) is 24.3 Å². The molecule has 0 aromatic heterocycles. The molecule has 0 unspecified atom stereocenters. The van der Waals surface area contributed by atoms with E-state index in [2.05, 4.69) is 22.5 Å². The topological polar surface area (TPSA) is 61.4 Å². The number of likely N-dealkylation sites (tertiary alicyclic amines) is 1. The molecule has 1 aliphatic heterocycles. The molecule has 5 nitrogen and oxygen atoms in total. The van der Waals surface area contributed by atoms with Gasteiger partial charge in [-0.15, -0.1) is 0 Å². The molecular formula is C17H25N3O2. The second-order valence-corrected chi connectivity index (χ2v) is 5.85. The van der Waals surface area contributed by atoms with Crippen LogP contribution in [0, 0.1) is 0 Å². The highest BCUT2D eigenvalue weighted by atomic mass is 16.2. The van der Waals surface area contributed by atoms with Gasteiger partial charge in [-0.25, -0.2) is 0 Å². The molecule has 0 bridgehead atoms. The van der Waals surface area contributed by atoms with Crippen LogP contribution in [0.5, 0.6) is 0 Å². The maximum absolute atomic E-state index is 12.3. The number of carbonyl (C=O) groups is 2. The van der Waals surface area contributed by atoms with E-state index >= 15 is 0 Å². The van der Waals surface area contributed by atoms with Gasteiger partial charge in [-0.3, -0.25) is 9.59 Å². The Balaban J connectivity index is 1.88. The molecule has 0 spiro atoms. The first-order chi connectivity index (χ1) is 10.6. The lowest BCUT2D eigenvalue weighted by molar-refractivity contribution is -0.114. The normalized spacial score (nSPS) is 16.3. The maximum Gasteiger partial charge on any atom is 0.251 e. The number of hydrogen-bond donors (Lipinski definition) is 2. The van der Waals surface area contributed by atoms with E-state index in [1.807, 2.05) is 0 Å². The average Bonchev–Trinajstić information content (AvgIpc) is 2.49. The molecule has 2 amide bonds. The van der Waals surface area contributed by atoms with Crippen molar-refractivity contribution in [1.29, 1.82) is 0 Å². The van der Waals surface area contributed by atoms with E-state index in [9.17, 15) is 9.59 Å². The highest BCUT2D eigenvalue weighted by molar-refractivity contribution is 5.96. The highest BCUT2D eigenvalue weighted by Crippen LogP contribution is 2.14. The largest absolute Gasteiger partial charge is 0.349 e. The number of benzene rings is 1. The first kappa shape index (κ1) is 16.5. The minimum atomic E-state index is -0.138. The van der Waals surface area contributed by atoms with Crippen molar-refractivity contribution in [3.8, 4) is 0 Å². The third-order valence-corrected chi connectivity index (χ3v) is 3.91. The van der Waals surface area contributed by atoms with Crippen LogP contribution in [0.25, 0.3) is 0 Å². The zero-order valence-corrected chi connectivity index (χ0v) is 13.4. The van der Waals surface area contributed by atoms with E-state index in [4.69, 9.17) is 0 Å². The van der Waals surface area contributed by atoms with Crippen molar-refractivity contribution in [2.45, 2.75) is 39.2 Å². The van der Waals surface area contributed by atoms with Crippen molar-refractivity contribution < 1.29 is 9.59 Å². The summed E-state index contributed by atoms with van der Waals surface area (Å²) in [6.45, 7) is 6.88. The Hall–Kier alpha value is -1.88. The molecular weight excluding hydrogens is 278 g/mol. The lowest BCUT2D eigenvalue weighted by atomic mass is 10.0. The third-order valence-electron chi connectivity index (χ3n) is 3.91. The summed E-state index contributed by atoms with van der Waals surface area (Å²) in [6.07, 6.45) is 3.17. The van der Waals surface area contributed by atoms with Crippen LogP contribution in [-0.4, -0.2) is 42.4 Å². The second-order valence-electron chi connectivity index (χ2n) is 5.85. The van der Waals surface area contributed by atoms with Gasteiger partial charge >= 0.3 is 0 Å². The van der Waals surface area contributed by atoms with E-state index in [1.165, 1.54) is 13.3 Å². The van der Waals surface area contributed by atoms with Gasteiger partial charge in [-0.1, -0.05) is 13.0 Å². The summed E-state index contributed by atoms with van der Waals surface area (Å²) in [4.78, 5) is 25.8. The summed E-state index contributed by atoms with van der Waals surface area (Å²) in [5.41, 5.74) is 1.24. The number of rotatable bonds is 5. The lowest BCUT2D eigenvalue weighted by Crippen LogP contribution is -2.44. The summed E-state index contributed by atoms with van der Waals surface area (Å²) in [5, 5.41) is 5.80. The van der Waals surface area contributed by atoms with Crippen LogP contribution < -0.4 is 10.6 Å². The Bertz CT molecular complexity index is 522. The quantitative estimate of drug-likeness (QED) is 0.877. The van der Waals surface area contributed by atoms with Crippen LogP contribution in [0.2, 0.25) is 0 Å². The minimum Gasteiger partial charge on any atom is -0.349 e. The smallest absolute Gasteiger partial charge is 0.251 e. The molecule has 1 fully saturated rings. The summed E-state index contributed by atoms with van der Waals surface area (Å²) >= 11 is 0. The van der Waals surface area contributed by atoms with E-state index in [0.717, 1.165) is 32.5 Å². The van der Waals surface area contributed by atoms with Gasteiger partial charge < -0.3 is 15.5 Å². The Labute approximate surface area is 132 Å². The molecule has 0 aliphatic carbocycles. The minimum absolute atomic E-state index is 0.0684. The van der Waals surface area contributed by atoms with Crippen molar-refractivity contribution in [2.75, 3.05) is 25.0 Å². The van der Waals surface area contributed by atoms with Crippen LogP contribution in [-0.2, 0) is 4.79 Å². The Morgan fingerprint density at radius 2 is 2.00 bits per heavy atom. The van der Waals surface area contributed by atoms with E-state index in [-0.39, 0.29) is 17.9 Å². The Kier molecular flexibility index (Phi) is 5.95. The molecule has 0 atom stereocenters. The van der Waals surface area contributed by atoms with Crippen LogP contribution in [0.1, 0.15) is 43.5 Å². The fourth-order valence-electron chi connectivity index (χ4n) is 2.83. The van der Waals surface area contributed by atoms with Crippen LogP contribution >= 0.6 is 0 Å². The van der Waals surface area contributed by atoms with Gasteiger partial charge in [0.05, 0.1) is 0 Å². The van der Waals surface area contributed by atoms with Gasteiger partial charge in [-0.05, 0) is 44.0 Å². The number of nitrogens with one attached hydrogen (secondary N) is 2. The first-order valence-corrected chi connectivity index (χ1v) is 7.99. The van der Waals surface area contributed by atoms with Crippen LogP contribution in [0.15, 0.2) is 24.3 Å². The predicted octanol–water partition coefficient (Wildman–Crippen LogP) is 2.25. The SMILES string of the molecule is CCCN1CCC(NC(=O)c2cccc(NC(C)=O)c2)CC1. The summed E-state index contributed by atoms with van der Waals surface area (Å²) in [7, 11) is 0. The fraction of sp³-hybridized carbons (Fsp3) is 0.529. The molecule has 120 valence electrons. The third kappa shape index (κ3) is 4.84. The maximum atomic E-state index is 12.3. The summed E-state index contributed by atoms with van der Waals surface area (Å²) in [5.74, 6) is -0.206. The van der Waals surface area contributed by atoms with Gasteiger partial charge in [0.15, 0.2) is 0 Å². The predicted molar refractivity (Wildman–Crippen MR) is 88.0 cm³/mol. The summed E-state index contributed by atoms with van der Waals surface area (Å²) < 4.78 is 0. The van der Waals surface area contributed by atoms with Crippen molar-refractivity contribution in [3.63, 3.8) is 0 Å². The lowest BCUT2D eigenvalue weighted by Gasteiger charge is -2.32. The zero-order valence-electron chi connectivity index (χ0n) is 13.4.